The van der Waals surface area contributed by atoms with Crippen LogP contribution in [0, 0.1) is 56.7 Å². The summed E-state index contributed by atoms with van der Waals surface area (Å²) in [6.07, 6.45) is -5.88. The predicted molar refractivity (Wildman–Crippen MR) is 188 cm³/mol. The van der Waals surface area contributed by atoms with Crippen LogP contribution in [0.2, 0.25) is 0 Å². The quantitative estimate of drug-likeness (QED) is 0.191. The van der Waals surface area contributed by atoms with Crippen LogP contribution in [0.4, 0.5) is 0 Å². The van der Waals surface area contributed by atoms with E-state index in [1.54, 1.807) is 0 Å². The fourth-order valence-corrected chi connectivity index (χ4v) is 14.7. The van der Waals surface area contributed by atoms with Gasteiger partial charge in [-0.2, -0.15) is 0 Å². The van der Waals surface area contributed by atoms with E-state index in [0.29, 0.717) is 31.1 Å². The van der Waals surface area contributed by atoms with E-state index in [1.165, 1.54) is 0 Å². The molecule has 0 amide bonds. The van der Waals surface area contributed by atoms with Crippen LogP contribution in [0.5, 0.6) is 0 Å². The molecule has 52 heavy (non-hydrogen) atoms. The summed E-state index contributed by atoms with van der Waals surface area (Å²) in [5, 5.41) is 88.3. The molecule has 5 saturated carbocycles. The Hall–Kier alpha value is -0.480. The van der Waals surface area contributed by atoms with Crippen molar-refractivity contribution in [2.75, 3.05) is 13.2 Å². The predicted octanol–water partition coefficient (Wildman–Crippen LogP) is 2.09. The van der Waals surface area contributed by atoms with Crippen LogP contribution in [0.25, 0.3) is 0 Å². The van der Waals surface area contributed by atoms with E-state index in [-0.39, 0.29) is 52.6 Å². The van der Waals surface area contributed by atoms with Crippen LogP contribution in [0.1, 0.15) is 107 Å². The third-order valence-corrected chi connectivity index (χ3v) is 17.1. The number of hydrogen-bond donors (Lipinski definition) is 8. The molecule has 0 spiro atoms. The Labute approximate surface area is 309 Å². The molecule has 0 radical (unpaired) electrons. The van der Waals surface area contributed by atoms with E-state index in [4.69, 9.17) is 18.9 Å². The van der Waals surface area contributed by atoms with Gasteiger partial charge in [-0.1, -0.05) is 41.5 Å². The lowest BCUT2D eigenvalue weighted by atomic mass is 9.31. The van der Waals surface area contributed by atoms with Crippen LogP contribution in [-0.2, 0) is 18.9 Å². The fourth-order valence-electron chi connectivity index (χ4n) is 14.7. The molecule has 7 aliphatic rings. The van der Waals surface area contributed by atoms with Gasteiger partial charge in [0.2, 0.25) is 0 Å². The van der Waals surface area contributed by atoms with E-state index < -0.39 is 78.5 Å². The Morgan fingerprint density at radius 3 is 1.81 bits per heavy atom. The summed E-state index contributed by atoms with van der Waals surface area (Å²) in [5.74, 6) is 0.448. The number of hydrogen-bond acceptors (Lipinski definition) is 12. The Balaban J connectivity index is 1.22. The highest BCUT2D eigenvalue weighted by Gasteiger charge is 2.74. The van der Waals surface area contributed by atoms with Gasteiger partial charge in [0.05, 0.1) is 37.1 Å². The van der Waals surface area contributed by atoms with Crippen molar-refractivity contribution >= 4 is 0 Å². The molecule has 12 nitrogen and oxygen atoms in total. The molecule has 0 aromatic rings. The maximum Gasteiger partial charge on any atom is 0.186 e. The normalized spacial score (nSPS) is 57.7. The lowest BCUT2D eigenvalue weighted by molar-refractivity contribution is -0.351. The molecule has 20 atom stereocenters. The first-order valence-corrected chi connectivity index (χ1v) is 20.1. The van der Waals surface area contributed by atoms with Crippen molar-refractivity contribution in [2.45, 2.75) is 180 Å². The zero-order chi connectivity index (χ0) is 38.1. The average Bonchev–Trinajstić information content (AvgIpc) is 3.42. The minimum absolute atomic E-state index is 0.0304. The van der Waals surface area contributed by atoms with Crippen LogP contribution < -0.4 is 0 Å². The van der Waals surface area contributed by atoms with Gasteiger partial charge in [-0.25, -0.2) is 0 Å². The summed E-state index contributed by atoms with van der Waals surface area (Å²) < 4.78 is 24.3. The first-order chi connectivity index (χ1) is 24.0. The van der Waals surface area contributed by atoms with Gasteiger partial charge >= 0.3 is 0 Å². The summed E-state index contributed by atoms with van der Waals surface area (Å²) in [5.41, 5.74) is -2.34. The third kappa shape index (κ3) is 5.66. The van der Waals surface area contributed by atoms with Crippen LogP contribution in [0.15, 0.2) is 0 Å². The molecule has 0 aromatic heterocycles. The molecule has 2 aliphatic heterocycles. The molecule has 7 fully saturated rings. The van der Waals surface area contributed by atoms with Gasteiger partial charge in [-0.05, 0) is 122 Å². The highest BCUT2D eigenvalue weighted by molar-refractivity contribution is 5.23. The van der Waals surface area contributed by atoms with Gasteiger partial charge < -0.3 is 59.8 Å². The van der Waals surface area contributed by atoms with Crippen molar-refractivity contribution in [1.82, 2.24) is 0 Å². The molecule has 7 rings (SSSR count). The smallest absolute Gasteiger partial charge is 0.186 e. The topological polar surface area (TPSA) is 199 Å². The Bertz CT molecular complexity index is 1320. The number of aliphatic hydroxyl groups is 8. The zero-order valence-corrected chi connectivity index (χ0v) is 32.5. The molecule has 12 heteroatoms. The van der Waals surface area contributed by atoms with Crippen molar-refractivity contribution in [1.29, 1.82) is 0 Å². The van der Waals surface area contributed by atoms with Gasteiger partial charge in [0.1, 0.15) is 36.6 Å². The lowest BCUT2D eigenvalue weighted by Gasteiger charge is -2.74. The SMILES string of the molecule is CC(C)(O)[C@H]1CC[C@@]2(C)[C@H]1[C@@H](O[C@@H]1OC[C@@H](O)[C@H](O[C@@H]3OC[C@@H](O)[C@H](O)[C@H]3O)[C@H]1O)C[C@]1(C)[C@@H]2CC[C@@H]2[C@@]3(C)CC[C@H](O)C(C)(C)[C@@H]3[C@@H](O)C[C@]21C. The highest BCUT2D eigenvalue weighted by atomic mass is 16.7. The molecular weight excluding hydrogens is 672 g/mol. The molecule has 0 aromatic carbocycles. The first kappa shape index (κ1) is 39.7. The van der Waals surface area contributed by atoms with E-state index >= 15 is 0 Å². The van der Waals surface area contributed by atoms with Crippen LogP contribution in [-0.4, -0.2) is 127 Å². The molecule has 300 valence electrons. The van der Waals surface area contributed by atoms with E-state index in [2.05, 4.69) is 41.5 Å². The summed E-state index contributed by atoms with van der Waals surface area (Å²) in [6.45, 7) is 17.0. The summed E-state index contributed by atoms with van der Waals surface area (Å²) in [4.78, 5) is 0. The molecule has 2 saturated heterocycles. The minimum atomic E-state index is -1.60. The number of aliphatic hydroxyl groups excluding tert-OH is 7. The van der Waals surface area contributed by atoms with Gasteiger partial charge in [0, 0.05) is 0 Å². The minimum Gasteiger partial charge on any atom is -0.393 e. The summed E-state index contributed by atoms with van der Waals surface area (Å²) in [7, 11) is 0. The second-order valence-electron chi connectivity index (χ2n) is 20.5. The van der Waals surface area contributed by atoms with E-state index in [9.17, 15) is 40.9 Å². The second-order valence-corrected chi connectivity index (χ2v) is 20.5. The molecule has 0 bridgehead atoms. The van der Waals surface area contributed by atoms with Gasteiger partial charge in [-0.15, -0.1) is 0 Å². The largest absolute Gasteiger partial charge is 0.393 e. The maximum atomic E-state index is 12.2. The Morgan fingerprint density at radius 1 is 0.615 bits per heavy atom. The molecule has 2 heterocycles. The molecular formula is C40H68O12. The summed E-state index contributed by atoms with van der Waals surface area (Å²) in [6, 6.07) is 0. The van der Waals surface area contributed by atoms with Gasteiger partial charge in [0.25, 0.3) is 0 Å². The number of rotatable bonds is 5. The Morgan fingerprint density at radius 2 is 1.17 bits per heavy atom. The van der Waals surface area contributed by atoms with Gasteiger partial charge in [0.15, 0.2) is 12.6 Å². The van der Waals surface area contributed by atoms with Crippen molar-refractivity contribution in [3.8, 4) is 0 Å². The van der Waals surface area contributed by atoms with Crippen molar-refractivity contribution < 1.29 is 59.8 Å². The van der Waals surface area contributed by atoms with Crippen molar-refractivity contribution in [3.05, 3.63) is 0 Å². The monoisotopic (exact) mass is 740 g/mol. The second kappa shape index (κ2) is 13.0. The van der Waals surface area contributed by atoms with E-state index in [1.807, 2.05) is 13.8 Å². The molecule has 0 unspecified atom stereocenters. The molecule has 5 aliphatic carbocycles. The highest BCUT2D eigenvalue weighted by Crippen LogP contribution is 2.78. The third-order valence-electron chi connectivity index (χ3n) is 17.1. The van der Waals surface area contributed by atoms with Crippen molar-refractivity contribution in [3.63, 3.8) is 0 Å². The van der Waals surface area contributed by atoms with Crippen LogP contribution >= 0.6 is 0 Å². The summed E-state index contributed by atoms with van der Waals surface area (Å²) >= 11 is 0. The van der Waals surface area contributed by atoms with E-state index in [0.717, 1.165) is 32.1 Å². The molecule has 8 N–H and O–H groups in total. The zero-order valence-electron chi connectivity index (χ0n) is 32.5. The fraction of sp³-hybridized carbons (Fsp3) is 1.00. The van der Waals surface area contributed by atoms with Gasteiger partial charge in [-0.3, -0.25) is 0 Å². The number of fused-ring (bicyclic) bond motifs is 7. The lowest BCUT2D eigenvalue weighted by Crippen LogP contribution is -2.71. The van der Waals surface area contributed by atoms with Crippen LogP contribution in [0.3, 0.4) is 0 Å². The maximum absolute atomic E-state index is 12.2. The Kier molecular flexibility index (Phi) is 9.96. The first-order valence-electron chi connectivity index (χ1n) is 20.1. The number of ether oxygens (including phenoxy) is 4. The standard InChI is InChI=1S/C40H68O12/c1-35(2)26(44)12-14-38(6)25-10-9-24-37(5)13-11-19(36(3,4)48)27(37)23(16-40(24,8)39(25,7)15-20(41)32(35)38)51-34-30(47)31(22(43)18-50-34)52-33-29(46)28(45)21(42)17-49-33/h19-34,41-48H,9-18H2,1-8H3/t19-,20-,21+,22+,23-,24+,25+,26-,27+,28-,29+,30+,31-,32-,33-,34-,37+,38+,39+,40+/m0/s1. The average molecular weight is 741 g/mol. The van der Waals surface area contributed by atoms with Crippen molar-refractivity contribution in [2.24, 2.45) is 56.7 Å².